The molecule has 3 rings (SSSR count). The van der Waals surface area contributed by atoms with Crippen molar-refractivity contribution in [3.05, 3.63) is 48.2 Å². The Morgan fingerprint density at radius 2 is 2.10 bits per heavy atom. The number of aromatic nitrogens is 1. The molecule has 2 heterocycles. The number of benzene rings is 1. The van der Waals surface area contributed by atoms with Crippen molar-refractivity contribution in [3.8, 4) is 5.75 Å². The zero-order valence-electron chi connectivity index (χ0n) is 11.5. The quantitative estimate of drug-likeness (QED) is 0.649. The number of amides is 1. The molecule has 108 valence electrons. The van der Waals surface area contributed by atoms with Crippen molar-refractivity contribution in [2.75, 3.05) is 23.5 Å². The number of pyridine rings is 1. The maximum Gasteiger partial charge on any atom is 0.277 e. The minimum absolute atomic E-state index is 0.162. The molecule has 6 nitrogen and oxygen atoms in total. The lowest BCUT2D eigenvalue weighted by molar-refractivity contribution is 0.0982. The topological polar surface area (TPSA) is 80.5 Å². The molecule has 0 aliphatic carbocycles. The maximum atomic E-state index is 12.7. The molecule has 1 aliphatic rings. The number of rotatable bonds is 2. The molecule has 21 heavy (non-hydrogen) atoms. The molecular weight excluding hydrogens is 268 g/mol. The smallest absolute Gasteiger partial charge is 0.277 e. The molecule has 0 radical (unpaired) electrons. The summed E-state index contributed by atoms with van der Waals surface area (Å²) < 4.78 is 5.66. The second-order valence-corrected chi connectivity index (χ2v) is 4.68. The van der Waals surface area contributed by atoms with Gasteiger partial charge < -0.3 is 15.1 Å². The van der Waals surface area contributed by atoms with Crippen LogP contribution in [0.3, 0.4) is 0 Å². The molecule has 1 amide bonds. The predicted octanol–water partition coefficient (Wildman–Crippen LogP) is 1.80. The molecule has 1 aromatic heterocycles. The van der Waals surface area contributed by atoms with Crippen molar-refractivity contribution in [2.45, 2.75) is 6.42 Å². The molecule has 3 N–H and O–H groups in total. The average Bonchev–Trinajstić information content (AvgIpc) is 2.76. The van der Waals surface area contributed by atoms with Crippen LogP contribution in [0.1, 0.15) is 16.9 Å². The largest absolute Gasteiger partial charge is 0.491 e. The van der Waals surface area contributed by atoms with Gasteiger partial charge in [0.1, 0.15) is 17.3 Å². The molecule has 0 spiro atoms. The van der Waals surface area contributed by atoms with Gasteiger partial charge in [-0.25, -0.2) is 10.8 Å². The summed E-state index contributed by atoms with van der Waals surface area (Å²) in [5.74, 6) is 6.36. The van der Waals surface area contributed by atoms with Gasteiger partial charge in [0.05, 0.1) is 12.3 Å². The Balaban J connectivity index is 1.97. The van der Waals surface area contributed by atoms with Crippen molar-refractivity contribution >= 4 is 17.4 Å². The number of carbonyl (C=O) groups is 1. The Labute approximate surface area is 122 Å². The molecule has 0 unspecified atom stereocenters. The lowest BCUT2D eigenvalue weighted by atomic mass is 10.2. The maximum absolute atomic E-state index is 12.7. The molecule has 0 bridgehead atoms. The van der Waals surface area contributed by atoms with Gasteiger partial charge in [0.15, 0.2) is 0 Å². The summed E-state index contributed by atoms with van der Waals surface area (Å²) in [7, 11) is 0. The lowest BCUT2D eigenvalue weighted by Crippen LogP contribution is -2.32. The van der Waals surface area contributed by atoms with Crippen LogP contribution in [0.5, 0.6) is 5.75 Å². The van der Waals surface area contributed by atoms with Crippen LogP contribution in [0, 0.1) is 0 Å². The number of nitrogen functional groups attached to an aromatic ring is 1. The van der Waals surface area contributed by atoms with E-state index in [2.05, 4.69) is 10.4 Å². The first-order valence-electron chi connectivity index (χ1n) is 6.77. The van der Waals surface area contributed by atoms with Crippen molar-refractivity contribution in [1.82, 2.24) is 4.98 Å². The number of carbonyl (C=O) groups excluding carboxylic acids is 1. The first-order valence-corrected chi connectivity index (χ1v) is 6.77. The van der Waals surface area contributed by atoms with Gasteiger partial charge in [0.2, 0.25) is 0 Å². The van der Waals surface area contributed by atoms with E-state index >= 15 is 0 Å². The fraction of sp³-hybridized carbons (Fsp3) is 0.200. The third kappa shape index (κ3) is 2.66. The van der Waals surface area contributed by atoms with E-state index in [-0.39, 0.29) is 5.91 Å². The fourth-order valence-corrected chi connectivity index (χ4v) is 2.31. The van der Waals surface area contributed by atoms with E-state index in [1.165, 1.54) is 0 Å². The van der Waals surface area contributed by atoms with Crippen molar-refractivity contribution in [1.29, 1.82) is 0 Å². The average molecular weight is 284 g/mol. The van der Waals surface area contributed by atoms with Crippen LogP contribution in [0.2, 0.25) is 0 Å². The molecule has 2 aromatic rings. The van der Waals surface area contributed by atoms with Gasteiger partial charge >= 0.3 is 0 Å². The molecule has 1 aromatic carbocycles. The zero-order valence-corrected chi connectivity index (χ0v) is 11.5. The van der Waals surface area contributed by atoms with Crippen LogP contribution in [0.25, 0.3) is 0 Å². The molecule has 0 fully saturated rings. The first kappa shape index (κ1) is 13.4. The second kappa shape index (κ2) is 5.80. The van der Waals surface area contributed by atoms with Crippen molar-refractivity contribution < 1.29 is 9.53 Å². The number of ether oxygens (including phenoxy) is 1. The van der Waals surface area contributed by atoms with E-state index < -0.39 is 0 Å². The summed E-state index contributed by atoms with van der Waals surface area (Å²) in [5, 5.41) is 0. The molecular formula is C15H16N4O2. The Morgan fingerprint density at radius 1 is 1.24 bits per heavy atom. The SMILES string of the molecule is NNc1cccc(C(=O)N2CCCOc3ccccc32)n1. The Kier molecular flexibility index (Phi) is 3.70. The van der Waals surface area contributed by atoms with Crippen LogP contribution < -0.4 is 20.9 Å². The van der Waals surface area contributed by atoms with Crippen LogP contribution in [-0.2, 0) is 0 Å². The van der Waals surface area contributed by atoms with E-state index in [0.29, 0.717) is 24.7 Å². The molecule has 0 saturated carbocycles. The number of nitrogens with two attached hydrogens (primary N) is 1. The van der Waals surface area contributed by atoms with E-state index in [1.807, 2.05) is 24.3 Å². The van der Waals surface area contributed by atoms with Crippen molar-refractivity contribution in [2.24, 2.45) is 5.84 Å². The highest BCUT2D eigenvalue weighted by molar-refractivity contribution is 6.05. The zero-order chi connectivity index (χ0) is 14.7. The van der Waals surface area contributed by atoms with Gasteiger partial charge in [-0.15, -0.1) is 0 Å². The molecule has 0 saturated heterocycles. The normalized spacial score (nSPS) is 13.9. The minimum Gasteiger partial charge on any atom is -0.491 e. The molecule has 1 aliphatic heterocycles. The number of nitrogens with zero attached hydrogens (tertiary/aromatic N) is 2. The number of nitrogens with one attached hydrogen (secondary N) is 1. The fourth-order valence-electron chi connectivity index (χ4n) is 2.31. The van der Waals surface area contributed by atoms with Gasteiger partial charge in [-0.2, -0.15) is 0 Å². The third-order valence-electron chi connectivity index (χ3n) is 3.30. The van der Waals surface area contributed by atoms with Gasteiger partial charge in [-0.1, -0.05) is 18.2 Å². The molecule has 6 heteroatoms. The van der Waals surface area contributed by atoms with E-state index in [0.717, 1.165) is 17.9 Å². The van der Waals surface area contributed by atoms with Gasteiger partial charge in [-0.3, -0.25) is 4.79 Å². The first-order chi connectivity index (χ1) is 10.3. The van der Waals surface area contributed by atoms with E-state index in [4.69, 9.17) is 10.6 Å². The number of hydrazine groups is 1. The number of fused-ring (bicyclic) bond motifs is 1. The standard InChI is InChI=1S/C15H16N4O2/c16-18-14-8-3-5-11(17-14)15(20)19-9-4-10-21-13-7-2-1-6-12(13)19/h1-3,5-8H,4,9-10,16H2,(H,17,18). The summed E-state index contributed by atoms with van der Waals surface area (Å²) in [6.07, 6.45) is 0.773. The van der Waals surface area contributed by atoms with E-state index in [1.54, 1.807) is 23.1 Å². The van der Waals surface area contributed by atoms with Crippen molar-refractivity contribution in [3.63, 3.8) is 0 Å². The summed E-state index contributed by atoms with van der Waals surface area (Å²) in [5.41, 5.74) is 3.57. The highest BCUT2D eigenvalue weighted by atomic mass is 16.5. The number of hydrogen-bond donors (Lipinski definition) is 2. The number of para-hydroxylation sites is 2. The monoisotopic (exact) mass is 284 g/mol. The van der Waals surface area contributed by atoms with Crippen LogP contribution in [0.15, 0.2) is 42.5 Å². The van der Waals surface area contributed by atoms with Gasteiger partial charge in [-0.05, 0) is 30.7 Å². The number of anilines is 2. The van der Waals surface area contributed by atoms with Gasteiger partial charge in [0, 0.05) is 6.54 Å². The Hall–Kier alpha value is -2.60. The number of hydrogen-bond acceptors (Lipinski definition) is 5. The van der Waals surface area contributed by atoms with Gasteiger partial charge in [0.25, 0.3) is 5.91 Å². The lowest BCUT2D eigenvalue weighted by Gasteiger charge is -2.21. The summed E-state index contributed by atoms with van der Waals surface area (Å²) >= 11 is 0. The highest BCUT2D eigenvalue weighted by Gasteiger charge is 2.23. The Morgan fingerprint density at radius 3 is 2.95 bits per heavy atom. The molecule has 0 atom stereocenters. The summed E-state index contributed by atoms with van der Waals surface area (Å²) in [6.45, 7) is 1.19. The summed E-state index contributed by atoms with van der Waals surface area (Å²) in [6, 6.07) is 12.7. The van der Waals surface area contributed by atoms with Crippen LogP contribution >= 0.6 is 0 Å². The van der Waals surface area contributed by atoms with E-state index in [9.17, 15) is 4.79 Å². The van der Waals surface area contributed by atoms with Crippen LogP contribution in [-0.4, -0.2) is 24.0 Å². The second-order valence-electron chi connectivity index (χ2n) is 4.68. The Bertz CT molecular complexity index is 660. The minimum atomic E-state index is -0.162. The van der Waals surface area contributed by atoms with Crippen LogP contribution in [0.4, 0.5) is 11.5 Å². The highest BCUT2D eigenvalue weighted by Crippen LogP contribution is 2.31. The summed E-state index contributed by atoms with van der Waals surface area (Å²) in [4.78, 5) is 18.6. The predicted molar refractivity (Wildman–Crippen MR) is 80.3 cm³/mol. The third-order valence-corrected chi connectivity index (χ3v) is 3.30.